The maximum atomic E-state index is 5.22. The molecule has 0 fully saturated rings. The molecule has 0 atom stereocenters. The first-order chi connectivity index (χ1) is 10.7. The van der Waals surface area contributed by atoms with E-state index >= 15 is 0 Å². The summed E-state index contributed by atoms with van der Waals surface area (Å²) in [5.41, 5.74) is 3.25. The second kappa shape index (κ2) is 6.30. The molecule has 0 bridgehead atoms. The number of aryl methyl sites for hydroxylation is 1. The fourth-order valence-corrected chi connectivity index (χ4v) is 2.06. The minimum Gasteiger partial charge on any atom is -0.497 e. The van der Waals surface area contributed by atoms with Crippen molar-refractivity contribution in [1.29, 1.82) is 0 Å². The summed E-state index contributed by atoms with van der Waals surface area (Å²) >= 11 is 0. The molecule has 5 nitrogen and oxygen atoms in total. The van der Waals surface area contributed by atoms with E-state index in [1.54, 1.807) is 7.11 Å². The monoisotopic (exact) mass is 295 g/mol. The highest BCUT2D eigenvalue weighted by atomic mass is 16.5. The van der Waals surface area contributed by atoms with E-state index < -0.39 is 0 Å². The van der Waals surface area contributed by atoms with Crippen LogP contribution in [-0.2, 0) is 6.54 Å². The van der Waals surface area contributed by atoms with Crippen LogP contribution in [0.15, 0.2) is 53.1 Å². The minimum absolute atomic E-state index is 0.401. The van der Waals surface area contributed by atoms with Crippen molar-refractivity contribution in [2.45, 2.75) is 13.5 Å². The molecule has 0 aliphatic rings. The van der Waals surface area contributed by atoms with Crippen molar-refractivity contribution in [1.82, 2.24) is 10.1 Å². The summed E-state index contributed by atoms with van der Waals surface area (Å²) < 4.78 is 10.4. The Bertz CT molecular complexity index is 751. The Balaban J connectivity index is 1.69. The zero-order valence-corrected chi connectivity index (χ0v) is 12.5. The first-order valence-electron chi connectivity index (χ1n) is 7.02. The van der Waals surface area contributed by atoms with Crippen LogP contribution in [0.4, 0.5) is 6.01 Å². The summed E-state index contributed by atoms with van der Waals surface area (Å²) in [4.78, 5) is 4.34. The van der Waals surface area contributed by atoms with Crippen LogP contribution in [0.25, 0.3) is 11.4 Å². The number of hydrogen-bond donors (Lipinski definition) is 1. The fraction of sp³-hybridized carbons (Fsp3) is 0.176. The van der Waals surface area contributed by atoms with E-state index in [2.05, 4.69) is 46.6 Å². The van der Waals surface area contributed by atoms with Gasteiger partial charge in [-0.05, 0) is 24.6 Å². The van der Waals surface area contributed by atoms with Gasteiger partial charge in [-0.1, -0.05) is 47.1 Å². The van der Waals surface area contributed by atoms with E-state index in [1.807, 2.05) is 24.3 Å². The molecule has 112 valence electrons. The van der Waals surface area contributed by atoms with Gasteiger partial charge in [0.25, 0.3) is 0 Å². The fourth-order valence-electron chi connectivity index (χ4n) is 2.06. The number of anilines is 1. The lowest BCUT2D eigenvalue weighted by molar-refractivity contribution is 0.414. The first-order valence-corrected chi connectivity index (χ1v) is 7.02. The highest BCUT2D eigenvalue weighted by Gasteiger charge is 2.09. The molecule has 0 saturated carbocycles. The molecule has 0 unspecified atom stereocenters. The van der Waals surface area contributed by atoms with Crippen LogP contribution in [-0.4, -0.2) is 17.3 Å². The molecule has 1 N–H and O–H groups in total. The van der Waals surface area contributed by atoms with Crippen molar-refractivity contribution in [3.63, 3.8) is 0 Å². The second-order valence-electron chi connectivity index (χ2n) is 4.99. The van der Waals surface area contributed by atoms with Crippen molar-refractivity contribution < 1.29 is 9.26 Å². The van der Waals surface area contributed by atoms with Gasteiger partial charge in [-0.15, -0.1) is 0 Å². The van der Waals surface area contributed by atoms with Crippen molar-refractivity contribution in [3.8, 4) is 17.1 Å². The van der Waals surface area contributed by atoms with Gasteiger partial charge >= 0.3 is 6.01 Å². The topological polar surface area (TPSA) is 60.2 Å². The number of methoxy groups -OCH3 is 1. The third-order valence-electron chi connectivity index (χ3n) is 3.32. The highest BCUT2D eigenvalue weighted by Crippen LogP contribution is 2.22. The molecular formula is C17H17N3O2. The molecular weight excluding hydrogens is 278 g/mol. The van der Waals surface area contributed by atoms with Crippen LogP contribution in [0.5, 0.6) is 5.75 Å². The van der Waals surface area contributed by atoms with E-state index in [0.717, 1.165) is 16.9 Å². The van der Waals surface area contributed by atoms with Gasteiger partial charge in [0.1, 0.15) is 5.75 Å². The van der Waals surface area contributed by atoms with Crippen molar-refractivity contribution in [3.05, 3.63) is 59.7 Å². The number of benzene rings is 2. The van der Waals surface area contributed by atoms with Gasteiger partial charge in [-0.2, -0.15) is 4.98 Å². The first kappa shape index (κ1) is 14.1. The summed E-state index contributed by atoms with van der Waals surface area (Å²) in [5.74, 6) is 1.29. The maximum absolute atomic E-state index is 5.22. The summed E-state index contributed by atoms with van der Waals surface area (Å²) in [7, 11) is 1.63. The standard InChI is InChI=1S/C17H17N3O2/c1-12-6-8-13(9-7-12)11-18-17-19-16(20-22-17)14-4-3-5-15(10-14)21-2/h3-10H,11H2,1-2H3,(H,18,19,20). The Kier molecular flexibility index (Phi) is 4.05. The summed E-state index contributed by atoms with van der Waals surface area (Å²) in [6.07, 6.45) is 0. The Morgan fingerprint density at radius 2 is 1.95 bits per heavy atom. The maximum Gasteiger partial charge on any atom is 0.322 e. The van der Waals surface area contributed by atoms with Crippen molar-refractivity contribution in [2.75, 3.05) is 12.4 Å². The van der Waals surface area contributed by atoms with Crippen LogP contribution < -0.4 is 10.1 Å². The van der Waals surface area contributed by atoms with Crippen molar-refractivity contribution in [2.24, 2.45) is 0 Å². The molecule has 0 aliphatic heterocycles. The lowest BCUT2D eigenvalue weighted by Crippen LogP contribution is -1.99. The second-order valence-corrected chi connectivity index (χ2v) is 4.99. The van der Waals surface area contributed by atoms with Crippen LogP contribution in [0.1, 0.15) is 11.1 Å². The Hall–Kier alpha value is -2.82. The van der Waals surface area contributed by atoms with E-state index in [4.69, 9.17) is 9.26 Å². The Labute approximate surface area is 128 Å². The summed E-state index contributed by atoms with van der Waals surface area (Å²) in [6, 6.07) is 16.2. The zero-order valence-electron chi connectivity index (χ0n) is 12.5. The van der Waals surface area contributed by atoms with Gasteiger partial charge in [0.15, 0.2) is 0 Å². The molecule has 0 aliphatic carbocycles. The number of hydrogen-bond acceptors (Lipinski definition) is 5. The highest BCUT2D eigenvalue weighted by molar-refractivity contribution is 5.57. The lowest BCUT2D eigenvalue weighted by atomic mass is 10.1. The predicted molar refractivity (Wildman–Crippen MR) is 84.8 cm³/mol. The van der Waals surface area contributed by atoms with Gasteiger partial charge in [-0.3, -0.25) is 0 Å². The number of nitrogens with zero attached hydrogens (tertiary/aromatic N) is 2. The third-order valence-corrected chi connectivity index (χ3v) is 3.32. The number of rotatable bonds is 5. The van der Waals surface area contributed by atoms with Crippen LogP contribution in [0, 0.1) is 6.92 Å². The largest absolute Gasteiger partial charge is 0.497 e. The van der Waals surface area contributed by atoms with Gasteiger partial charge in [0, 0.05) is 12.1 Å². The Morgan fingerprint density at radius 3 is 2.73 bits per heavy atom. The summed E-state index contributed by atoms with van der Waals surface area (Å²) in [6.45, 7) is 2.70. The molecule has 5 heteroatoms. The molecule has 0 spiro atoms. The number of nitrogens with one attached hydrogen (secondary N) is 1. The minimum atomic E-state index is 0.401. The van der Waals surface area contributed by atoms with Crippen LogP contribution in [0.3, 0.4) is 0 Å². The van der Waals surface area contributed by atoms with E-state index in [9.17, 15) is 0 Å². The quantitative estimate of drug-likeness (QED) is 0.778. The zero-order chi connectivity index (χ0) is 15.4. The summed E-state index contributed by atoms with van der Waals surface area (Å²) in [5, 5.41) is 7.11. The van der Waals surface area contributed by atoms with E-state index in [1.165, 1.54) is 5.56 Å². The number of ether oxygens (including phenoxy) is 1. The van der Waals surface area contributed by atoms with E-state index in [-0.39, 0.29) is 0 Å². The molecule has 1 heterocycles. The third kappa shape index (κ3) is 3.25. The Morgan fingerprint density at radius 1 is 1.14 bits per heavy atom. The van der Waals surface area contributed by atoms with Gasteiger partial charge in [0.2, 0.25) is 5.82 Å². The number of aromatic nitrogens is 2. The van der Waals surface area contributed by atoms with Crippen molar-refractivity contribution >= 4 is 6.01 Å². The molecule has 3 aromatic rings. The van der Waals surface area contributed by atoms with Crippen LogP contribution in [0.2, 0.25) is 0 Å². The molecule has 0 radical (unpaired) electrons. The lowest BCUT2D eigenvalue weighted by Gasteiger charge is -2.01. The SMILES string of the molecule is COc1cccc(-c2noc(NCc3ccc(C)cc3)n2)c1. The molecule has 2 aromatic carbocycles. The predicted octanol–water partition coefficient (Wildman–Crippen LogP) is 3.67. The average Bonchev–Trinajstić information content (AvgIpc) is 3.03. The van der Waals surface area contributed by atoms with Gasteiger partial charge < -0.3 is 14.6 Å². The average molecular weight is 295 g/mol. The smallest absolute Gasteiger partial charge is 0.322 e. The molecule has 22 heavy (non-hydrogen) atoms. The van der Waals surface area contributed by atoms with Gasteiger partial charge in [-0.25, -0.2) is 0 Å². The molecule has 0 saturated heterocycles. The normalized spacial score (nSPS) is 10.5. The molecule has 3 rings (SSSR count). The molecule has 0 amide bonds. The van der Waals surface area contributed by atoms with Gasteiger partial charge in [0.05, 0.1) is 7.11 Å². The van der Waals surface area contributed by atoms with Crippen LogP contribution >= 0.6 is 0 Å². The van der Waals surface area contributed by atoms with E-state index in [0.29, 0.717) is 18.4 Å². The molecule has 1 aromatic heterocycles.